The maximum absolute atomic E-state index is 12.5. The summed E-state index contributed by atoms with van der Waals surface area (Å²) in [7, 11) is 0. The Morgan fingerprint density at radius 3 is 2.71 bits per heavy atom. The van der Waals surface area contributed by atoms with E-state index in [4.69, 9.17) is 0 Å². The van der Waals surface area contributed by atoms with Crippen LogP contribution in [0, 0.1) is 11.8 Å². The van der Waals surface area contributed by atoms with Crippen molar-refractivity contribution in [3.8, 4) is 0 Å². The molecule has 1 aliphatic rings. The van der Waals surface area contributed by atoms with Crippen LogP contribution in [0.2, 0.25) is 0 Å². The molecule has 1 amide bonds. The number of amides is 1. The second-order valence-corrected chi connectivity index (χ2v) is 7.09. The van der Waals surface area contributed by atoms with Gasteiger partial charge in [-0.05, 0) is 40.6 Å². The largest absolute Gasteiger partial charge is 0.395 e. The highest BCUT2D eigenvalue weighted by Gasteiger charge is 2.26. The molecule has 1 aromatic heterocycles. The lowest BCUT2D eigenvalue weighted by Gasteiger charge is -2.36. The molecule has 0 unspecified atom stereocenters. The summed E-state index contributed by atoms with van der Waals surface area (Å²) in [5, 5.41) is 13.3. The van der Waals surface area contributed by atoms with Gasteiger partial charge in [0.15, 0.2) is 0 Å². The van der Waals surface area contributed by atoms with Gasteiger partial charge in [0.1, 0.15) is 0 Å². The van der Waals surface area contributed by atoms with Gasteiger partial charge < -0.3 is 10.0 Å². The number of rotatable bonds is 6. The third-order valence-corrected chi connectivity index (χ3v) is 4.71. The second-order valence-electron chi connectivity index (χ2n) is 6.31. The lowest BCUT2D eigenvalue weighted by molar-refractivity contribution is -0.135. The summed E-state index contributed by atoms with van der Waals surface area (Å²) in [4.78, 5) is 16.5. The first-order chi connectivity index (χ1) is 10.1. The van der Waals surface area contributed by atoms with E-state index in [-0.39, 0.29) is 12.5 Å². The minimum atomic E-state index is 0.0875. The van der Waals surface area contributed by atoms with Gasteiger partial charge >= 0.3 is 0 Å². The molecule has 0 radical (unpaired) electrons. The Labute approximate surface area is 131 Å². The molecule has 1 N–H and O–H groups in total. The zero-order chi connectivity index (χ0) is 15.2. The molecule has 1 aliphatic heterocycles. The minimum Gasteiger partial charge on any atom is -0.395 e. The molecular formula is C16H26N2O2S. The van der Waals surface area contributed by atoms with E-state index in [9.17, 15) is 9.90 Å². The Hall–Kier alpha value is -0.910. The number of hydrogen-bond acceptors (Lipinski definition) is 4. The first kappa shape index (κ1) is 16.5. The summed E-state index contributed by atoms with van der Waals surface area (Å²) in [5.74, 6) is 1.36. The van der Waals surface area contributed by atoms with Crippen LogP contribution in [0.1, 0.15) is 25.8 Å². The molecule has 21 heavy (non-hydrogen) atoms. The Kier molecular flexibility index (Phi) is 6.21. The van der Waals surface area contributed by atoms with E-state index in [0.717, 1.165) is 19.6 Å². The molecule has 5 heteroatoms. The number of carbonyl (C=O) groups excluding carboxylic acids is 1. The Bertz CT molecular complexity index is 425. The fourth-order valence-corrected chi connectivity index (χ4v) is 3.81. The zero-order valence-corrected chi connectivity index (χ0v) is 13.8. The van der Waals surface area contributed by atoms with Gasteiger partial charge in [-0.15, -0.1) is 0 Å². The van der Waals surface area contributed by atoms with Crippen LogP contribution < -0.4 is 0 Å². The zero-order valence-electron chi connectivity index (χ0n) is 13.0. The van der Waals surface area contributed by atoms with Gasteiger partial charge in [-0.25, -0.2) is 0 Å². The maximum Gasteiger partial charge on any atom is 0.236 e. The van der Waals surface area contributed by atoms with Gasteiger partial charge in [0.2, 0.25) is 5.91 Å². The van der Waals surface area contributed by atoms with E-state index in [1.165, 1.54) is 12.0 Å². The van der Waals surface area contributed by atoms with Gasteiger partial charge in [-0.1, -0.05) is 13.8 Å². The van der Waals surface area contributed by atoms with Gasteiger partial charge in [0, 0.05) is 26.2 Å². The van der Waals surface area contributed by atoms with Gasteiger partial charge in [0.25, 0.3) is 0 Å². The molecule has 0 aromatic carbocycles. The molecule has 0 spiro atoms. The van der Waals surface area contributed by atoms with E-state index in [1.54, 1.807) is 11.3 Å². The molecular weight excluding hydrogens is 284 g/mol. The molecule has 1 aromatic rings. The maximum atomic E-state index is 12.5. The predicted octanol–water partition coefficient (Wildman–Crippen LogP) is 2.05. The van der Waals surface area contributed by atoms with Crippen molar-refractivity contribution in [2.24, 2.45) is 11.8 Å². The Morgan fingerprint density at radius 1 is 1.43 bits per heavy atom. The molecule has 0 bridgehead atoms. The number of carbonyl (C=O) groups is 1. The van der Waals surface area contributed by atoms with Crippen molar-refractivity contribution in [2.75, 3.05) is 32.8 Å². The van der Waals surface area contributed by atoms with Gasteiger partial charge in [-0.2, -0.15) is 11.3 Å². The Morgan fingerprint density at radius 2 is 2.14 bits per heavy atom. The van der Waals surface area contributed by atoms with Crippen LogP contribution in [0.4, 0.5) is 0 Å². The summed E-state index contributed by atoms with van der Waals surface area (Å²) in [5.41, 5.74) is 1.21. The molecule has 1 fully saturated rings. The standard InChI is InChI=1S/C16H26N2O2S/c1-13-7-14(2)9-18(8-13)16(20)11-17(4-5-19)10-15-3-6-21-12-15/h3,6,12-14,19H,4-5,7-11H2,1-2H3/t13-,14-/m0/s1. The number of aliphatic hydroxyl groups is 1. The van der Waals surface area contributed by atoms with Crippen LogP contribution >= 0.6 is 11.3 Å². The van der Waals surface area contributed by atoms with Crippen LogP contribution in [0.3, 0.4) is 0 Å². The molecule has 1 saturated heterocycles. The SMILES string of the molecule is C[C@H]1C[C@H](C)CN(C(=O)CN(CCO)Cc2ccsc2)C1. The van der Waals surface area contributed by atoms with Crippen molar-refractivity contribution in [1.29, 1.82) is 0 Å². The first-order valence-electron chi connectivity index (χ1n) is 7.70. The van der Waals surface area contributed by atoms with Crippen LogP contribution in [0.15, 0.2) is 16.8 Å². The van der Waals surface area contributed by atoms with Crippen molar-refractivity contribution in [1.82, 2.24) is 9.80 Å². The number of piperidine rings is 1. The molecule has 118 valence electrons. The lowest BCUT2D eigenvalue weighted by atomic mass is 9.92. The number of thiophene rings is 1. The summed E-state index contributed by atoms with van der Waals surface area (Å²) >= 11 is 1.66. The predicted molar refractivity (Wildman–Crippen MR) is 86.2 cm³/mol. The summed E-state index contributed by atoms with van der Waals surface area (Å²) in [6, 6.07) is 2.07. The van der Waals surface area contributed by atoms with Gasteiger partial charge in [-0.3, -0.25) is 9.69 Å². The highest BCUT2D eigenvalue weighted by molar-refractivity contribution is 7.07. The highest BCUT2D eigenvalue weighted by Crippen LogP contribution is 2.21. The summed E-state index contributed by atoms with van der Waals surface area (Å²) < 4.78 is 0. The fourth-order valence-electron chi connectivity index (χ4n) is 3.15. The van der Waals surface area contributed by atoms with Crippen molar-refractivity contribution < 1.29 is 9.90 Å². The average Bonchev–Trinajstić information content (AvgIpc) is 2.90. The van der Waals surface area contributed by atoms with Crippen molar-refractivity contribution >= 4 is 17.2 Å². The van der Waals surface area contributed by atoms with Gasteiger partial charge in [0.05, 0.1) is 13.2 Å². The molecule has 2 rings (SSSR count). The Balaban J connectivity index is 1.91. The molecule has 4 nitrogen and oxygen atoms in total. The molecule has 2 atom stereocenters. The summed E-state index contributed by atoms with van der Waals surface area (Å²) in [6.07, 6.45) is 1.21. The quantitative estimate of drug-likeness (QED) is 0.874. The van der Waals surface area contributed by atoms with Crippen LogP contribution in [-0.4, -0.2) is 53.6 Å². The topological polar surface area (TPSA) is 43.8 Å². The third-order valence-electron chi connectivity index (χ3n) is 3.98. The normalized spacial score (nSPS) is 22.8. The highest BCUT2D eigenvalue weighted by atomic mass is 32.1. The summed E-state index contributed by atoms with van der Waals surface area (Å²) in [6.45, 7) is 7.93. The lowest BCUT2D eigenvalue weighted by Crippen LogP contribution is -2.47. The van der Waals surface area contributed by atoms with Crippen LogP contribution in [0.25, 0.3) is 0 Å². The fraction of sp³-hybridized carbons (Fsp3) is 0.688. The van der Waals surface area contributed by atoms with Crippen molar-refractivity contribution in [2.45, 2.75) is 26.8 Å². The molecule has 2 heterocycles. The molecule has 0 aliphatic carbocycles. The average molecular weight is 310 g/mol. The second kappa shape index (κ2) is 7.92. The van der Waals surface area contributed by atoms with E-state index in [2.05, 4.69) is 25.3 Å². The molecule has 0 saturated carbocycles. The first-order valence-corrected chi connectivity index (χ1v) is 8.64. The van der Waals surface area contributed by atoms with Crippen LogP contribution in [0.5, 0.6) is 0 Å². The van der Waals surface area contributed by atoms with E-state index in [0.29, 0.717) is 24.9 Å². The number of nitrogens with zero attached hydrogens (tertiary/aromatic N) is 2. The van der Waals surface area contributed by atoms with Crippen molar-refractivity contribution in [3.05, 3.63) is 22.4 Å². The smallest absolute Gasteiger partial charge is 0.236 e. The van der Waals surface area contributed by atoms with Crippen LogP contribution in [-0.2, 0) is 11.3 Å². The van der Waals surface area contributed by atoms with E-state index in [1.807, 2.05) is 15.2 Å². The third kappa shape index (κ3) is 5.09. The number of likely N-dealkylation sites (tertiary alicyclic amines) is 1. The van der Waals surface area contributed by atoms with Crippen molar-refractivity contribution in [3.63, 3.8) is 0 Å². The monoisotopic (exact) mass is 310 g/mol. The number of hydrogen-bond donors (Lipinski definition) is 1. The van der Waals surface area contributed by atoms with E-state index < -0.39 is 0 Å². The van der Waals surface area contributed by atoms with E-state index >= 15 is 0 Å². The minimum absolute atomic E-state index is 0.0875. The number of aliphatic hydroxyl groups excluding tert-OH is 1.